The number of thioether (sulfide) groups is 1. The second-order valence-electron chi connectivity index (χ2n) is 5.20. The summed E-state index contributed by atoms with van der Waals surface area (Å²) in [4.78, 5) is 14.4. The molecule has 5 heteroatoms. The van der Waals surface area contributed by atoms with E-state index in [1.165, 1.54) is 29.0 Å². The maximum atomic E-state index is 12.1. The van der Waals surface area contributed by atoms with Crippen molar-refractivity contribution in [2.24, 2.45) is 0 Å². The summed E-state index contributed by atoms with van der Waals surface area (Å²) in [6.07, 6.45) is 4.70. The van der Waals surface area contributed by atoms with Gasteiger partial charge in [0, 0.05) is 23.2 Å². The van der Waals surface area contributed by atoms with Crippen molar-refractivity contribution in [2.45, 2.75) is 37.5 Å². The zero-order valence-electron chi connectivity index (χ0n) is 11.0. The molecule has 1 atom stereocenters. The van der Waals surface area contributed by atoms with Crippen molar-refractivity contribution in [1.29, 1.82) is 0 Å². The predicted molar refractivity (Wildman–Crippen MR) is 82.2 cm³/mol. The number of rotatable bonds is 4. The normalized spacial score (nSPS) is 22.2. The highest BCUT2D eigenvalue weighted by atomic mass is 32.2. The minimum Gasteiger partial charge on any atom is -0.351 e. The Morgan fingerprint density at radius 2 is 2.47 bits per heavy atom. The van der Waals surface area contributed by atoms with Crippen LogP contribution in [0.1, 0.15) is 39.4 Å². The Labute approximate surface area is 122 Å². The number of amides is 1. The van der Waals surface area contributed by atoms with Crippen molar-refractivity contribution in [1.82, 2.24) is 10.6 Å². The molecule has 2 N–H and O–H groups in total. The third kappa shape index (κ3) is 3.33. The van der Waals surface area contributed by atoms with Crippen molar-refractivity contribution in [3.05, 3.63) is 21.4 Å². The van der Waals surface area contributed by atoms with Crippen LogP contribution in [-0.2, 0) is 12.2 Å². The van der Waals surface area contributed by atoms with E-state index >= 15 is 0 Å². The molecule has 0 aromatic carbocycles. The standard InChI is InChI=1S/C14H20N2OS2/c17-14(16-6-3-11-2-1-5-15-11)13-8-10-9-18-7-4-12(10)19-13/h8,11,15H,1-7,9H2,(H,16,17). The molecule has 1 aromatic rings. The Balaban J connectivity index is 1.50. The van der Waals surface area contributed by atoms with Gasteiger partial charge in [0.1, 0.15) is 0 Å². The molecule has 1 unspecified atom stereocenters. The smallest absolute Gasteiger partial charge is 0.261 e. The molecule has 3 rings (SSSR count). The fraction of sp³-hybridized carbons (Fsp3) is 0.643. The van der Waals surface area contributed by atoms with Gasteiger partial charge in [0.2, 0.25) is 0 Å². The maximum Gasteiger partial charge on any atom is 0.261 e. The summed E-state index contributed by atoms with van der Waals surface area (Å²) in [5.74, 6) is 2.38. The van der Waals surface area contributed by atoms with Crippen LogP contribution in [0.25, 0.3) is 0 Å². The largest absolute Gasteiger partial charge is 0.351 e. The number of aryl methyl sites for hydroxylation is 1. The molecule has 1 saturated heterocycles. The molecule has 3 heterocycles. The van der Waals surface area contributed by atoms with Crippen LogP contribution >= 0.6 is 23.1 Å². The van der Waals surface area contributed by atoms with Gasteiger partial charge in [0.15, 0.2) is 0 Å². The lowest BCUT2D eigenvalue weighted by atomic mass is 10.1. The van der Waals surface area contributed by atoms with Gasteiger partial charge in [-0.1, -0.05) is 0 Å². The van der Waals surface area contributed by atoms with Crippen LogP contribution in [-0.4, -0.2) is 30.8 Å². The second-order valence-corrected chi connectivity index (χ2v) is 7.44. The monoisotopic (exact) mass is 296 g/mol. The number of thiophene rings is 1. The molecule has 1 fully saturated rings. The van der Waals surface area contributed by atoms with E-state index in [1.807, 2.05) is 11.8 Å². The van der Waals surface area contributed by atoms with Crippen LogP contribution in [0.2, 0.25) is 0 Å². The Bertz CT molecular complexity index is 429. The number of carbonyl (C=O) groups excluding carboxylic acids is 1. The van der Waals surface area contributed by atoms with E-state index < -0.39 is 0 Å². The summed E-state index contributed by atoms with van der Waals surface area (Å²) in [6.45, 7) is 1.92. The number of hydrogen-bond donors (Lipinski definition) is 2. The molecule has 1 amide bonds. The van der Waals surface area contributed by atoms with Crippen LogP contribution in [0.5, 0.6) is 0 Å². The van der Waals surface area contributed by atoms with Gasteiger partial charge in [-0.15, -0.1) is 11.3 Å². The Morgan fingerprint density at radius 1 is 1.53 bits per heavy atom. The molecule has 104 valence electrons. The zero-order valence-corrected chi connectivity index (χ0v) is 12.7. The van der Waals surface area contributed by atoms with Gasteiger partial charge in [-0.25, -0.2) is 0 Å². The fourth-order valence-corrected chi connectivity index (χ4v) is 5.00. The van der Waals surface area contributed by atoms with E-state index in [9.17, 15) is 4.79 Å². The predicted octanol–water partition coefficient (Wildman–Crippen LogP) is 2.41. The Hall–Kier alpha value is -0.520. The Kier molecular flexibility index (Phi) is 4.45. The first-order valence-electron chi connectivity index (χ1n) is 7.04. The molecule has 0 bridgehead atoms. The molecule has 0 radical (unpaired) electrons. The molecule has 3 nitrogen and oxygen atoms in total. The van der Waals surface area contributed by atoms with Crippen molar-refractivity contribution in [2.75, 3.05) is 18.8 Å². The van der Waals surface area contributed by atoms with Gasteiger partial charge in [-0.2, -0.15) is 11.8 Å². The van der Waals surface area contributed by atoms with E-state index in [1.54, 1.807) is 11.3 Å². The first-order chi connectivity index (χ1) is 9.33. The highest BCUT2D eigenvalue weighted by Crippen LogP contribution is 2.31. The van der Waals surface area contributed by atoms with E-state index in [4.69, 9.17) is 0 Å². The third-order valence-electron chi connectivity index (χ3n) is 3.79. The molecule has 1 aromatic heterocycles. The summed E-state index contributed by atoms with van der Waals surface area (Å²) in [6, 6.07) is 2.70. The third-order valence-corrected chi connectivity index (χ3v) is 6.04. The molecule has 0 saturated carbocycles. The van der Waals surface area contributed by atoms with Crippen molar-refractivity contribution >= 4 is 29.0 Å². The second kappa shape index (κ2) is 6.29. The van der Waals surface area contributed by atoms with Crippen LogP contribution < -0.4 is 10.6 Å². The Morgan fingerprint density at radius 3 is 3.26 bits per heavy atom. The fourth-order valence-electron chi connectivity index (χ4n) is 2.71. The number of nitrogens with one attached hydrogen (secondary N) is 2. The summed E-state index contributed by atoms with van der Waals surface area (Å²) in [5, 5.41) is 6.52. The van der Waals surface area contributed by atoms with Crippen molar-refractivity contribution in [3.63, 3.8) is 0 Å². The molecular formula is C14H20N2OS2. The molecule has 0 spiro atoms. The van der Waals surface area contributed by atoms with E-state index in [0.29, 0.717) is 6.04 Å². The zero-order chi connectivity index (χ0) is 13.1. The molecule has 19 heavy (non-hydrogen) atoms. The lowest BCUT2D eigenvalue weighted by molar-refractivity contribution is 0.0956. The first-order valence-corrected chi connectivity index (χ1v) is 9.01. The van der Waals surface area contributed by atoms with Gasteiger partial charge >= 0.3 is 0 Å². The van der Waals surface area contributed by atoms with Gasteiger partial charge in [0.05, 0.1) is 4.88 Å². The summed E-state index contributed by atoms with van der Waals surface area (Å²) >= 11 is 3.65. The first kappa shape index (κ1) is 13.5. The number of carbonyl (C=O) groups is 1. The highest BCUT2D eigenvalue weighted by molar-refractivity contribution is 7.98. The van der Waals surface area contributed by atoms with Crippen LogP contribution in [0.3, 0.4) is 0 Å². The highest BCUT2D eigenvalue weighted by Gasteiger charge is 2.18. The summed E-state index contributed by atoms with van der Waals surface area (Å²) < 4.78 is 0. The minimum absolute atomic E-state index is 0.113. The van der Waals surface area contributed by atoms with Gasteiger partial charge in [-0.05, 0) is 49.6 Å². The van der Waals surface area contributed by atoms with E-state index in [-0.39, 0.29) is 5.91 Å². The lowest BCUT2D eigenvalue weighted by Crippen LogP contribution is -2.30. The average Bonchev–Trinajstić information content (AvgIpc) is 3.07. The quantitative estimate of drug-likeness (QED) is 0.896. The topological polar surface area (TPSA) is 41.1 Å². The summed E-state index contributed by atoms with van der Waals surface area (Å²) in [5.41, 5.74) is 1.38. The minimum atomic E-state index is 0.113. The molecule has 2 aliphatic heterocycles. The van der Waals surface area contributed by atoms with Crippen LogP contribution in [0, 0.1) is 0 Å². The van der Waals surface area contributed by atoms with Gasteiger partial charge < -0.3 is 10.6 Å². The average molecular weight is 296 g/mol. The van der Waals surface area contributed by atoms with E-state index in [0.717, 1.165) is 36.6 Å². The van der Waals surface area contributed by atoms with Gasteiger partial charge in [-0.3, -0.25) is 4.79 Å². The molecular weight excluding hydrogens is 276 g/mol. The SMILES string of the molecule is O=C(NCCC1CCCN1)c1cc2c(s1)CCSC2. The molecule has 0 aliphatic carbocycles. The van der Waals surface area contributed by atoms with Crippen molar-refractivity contribution < 1.29 is 4.79 Å². The van der Waals surface area contributed by atoms with Crippen molar-refractivity contribution in [3.8, 4) is 0 Å². The van der Waals surface area contributed by atoms with E-state index in [2.05, 4.69) is 16.7 Å². The number of hydrogen-bond acceptors (Lipinski definition) is 4. The van der Waals surface area contributed by atoms with Crippen LogP contribution in [0.15, 0.2) is 6.07 Å². The maximum absolute atomic E-state index is 12.1. The lowest BCUT2D eigenvalue weighted by Gasteiger charge is -2.10. The number of fused-ring (bicyclic) bond motifs is 1. The van der Waals surface area contributed by atoms with Gasteiger partial charge in [0.25, 0.3) is 5.91 Å². The molecule has 2 aliphatic rings. The van der Waals surface area contributed by atoms with Crippen LogP contribution in [0.4, 0.5) is 0 Å². The summed E-state index contributed by atoms with van der Waals surface area (Å²) in [7, 11) is 0.